The molecular formula is C25H24ClN5OS. The van der Waals surface area contributed by atoms with Crippen molar-refractivity contribution in [2.45, 2.75) is 25.5 Å². The third-order valence-electron chi connectivity index (χ3n) is 5.10. The van der Waals surface area contributed by atoms with Crippen LogP contribution in [0.2, 0.25) is 5.02 Å². The van der Waals surface area contributed by atoms with E-state index in [1.54, 1.807) is 0 Å². The lowest BCUT2D eigenvalue weighted by atomic mass is 10.1. The lowest BCUT2D eigenvalue weighted by Crippen LogP contribution is -2.16. The first-order valence-corrected chi connectivity index (χ1v) is 11.9. The fourth-order valence-electron chi connectivity index (χ4n) is 3.44. The number of aromatic nitrogens is 3. The molecule has 8 heteroatoms. The summed E-state index contributed by atoms with van der Waals surface area (Å²) in [5, 5.41) is 16.4. The Morgan fingerprint density at radius 1 is 0.939 bits per heavy atom. The monoisotopic (exact) mass is 477 g/mol. The molecule has 6 nitrogen and oxygen atoms in total. The highest BCUT2D eigenvalue weighted by Gasteiger charge is 2.17. The van der Waals surface area contributed by atoms with E-state index in [9.17, 15) is 4.79 Å². The lowest BCUT2D eigenvalue weighted by molar-refractivity contribution is -0.113. The molecule has 0 unspecified atom stereocenters. The van der Waals surface area contributed by atoms with Crippen LogP contribution < -0.4 is 10.6 Å². The SMILES string of the molecule is Cc1cccc(C)c1NC(=O)CSc1nnc(CNc2ccccc2Cl)n1-c1ccccc1. The predicted octanol–water partition coefficient (Wildman–Crippen LogP) is 5.88. The molecule has 3 aromatic carbocycles. The highest BCUT2D eigenvalue weighted by Crippen LogP contribution is 2.25. The van der Waals surface area contributed by atoms with Crippen molar-refractivity contribution in [3.8, 4) is 5.69 Å². The summed E-state index contributed by atoms with van der Waals surface area (Å²) >= 11 is 7.62. The van der Waals surface area contributed by atoms with Gasteiger partial charge in [-0.25, -0.2) is 0 Å². The average molecular weight is 478 g/mol. The number of hydrogen-bond acceptors (Lipinski definition) is 5. The van der Waals surface area contributed by atoms with Crippen LogP contribution in [0.25, 0.3) is 5.69 Å². The topological polar surface area (TPSA) is 71.8 Å². The Morgan fingerprint density at radius 2 is 1.64 bits per heavy atom. The van der Waals surface area contributed by atoms with Crippen molar-refractivity contribution in [1.29, 1.82) is 0 Å². The van der Waals surface area contributed by atoms with Gasteiger partial charge in [0.2, 0.25) is 5.91 Å². The van der Waals surface area contributed by atoms with Gasteiger partial charge in [0.25, 0.3) is 0 Å². The second-order valence-corrected chi connectivity index (χ2v) is 8.86. The van der Waals surface area contributed by atoms with Crippen LogP contribution in [-0.4, -0.2) is 26.4 Å². The molecule has 0 aliphatic carbocycles. The van der Waals surface area contributed by atoms with E-state index in [-0.39, 0.29) is 11.7 Å². The number of rotatable bonds is 8. The van der Waals surface area contributed by atoms with Crippen molar-refractivity contribution in [2.24, 2.45) is 0 Å². The van der Waals surface area contributed by atoms with E-state index in [0.29, 0.717) is 16.7 Å². The number of amides is 1. The van der Waals surface area contributed by atoms with Crippen LogP contribution in [-0.2, 0) is 11.3 Å². The Hall–Kier alpha value is -3.29. The molecule has 0 spiro atoms. The third kappa shape index (κ3) is 5.56. The van der Waals surface area contributed by atoms with E-state index in [2.05, 4.69) is 20.8 Å². The predicted molar refractivity (Wildman–Crippen MR) is 135 cm³/mol. The molecule has 0 aliphatic heterocycles. The molecule has 4 rings (SSSR count). The summed E-state index contributed by atoms with van der Waals surface area (Å²) in [6, 6.07) is 23.4. The molecular weight excluding hydrogens is 454 g/mol. The summed E-state index contributed by atoms with van der Waals surface area (Å²) in [7, 11) is 0. The number of carbonyl (C=O) groups is 1. The van der Waals surface area contributed by atoms with Crippen molar-refractivity contribution in [2.75, 3.05) is 16.4 Å². The normalized spacial score (nSPS) is 10.8. The first-order chi connectivity index (χ1) is 16.0. The van der Waals surface area contributed by atoms with Gasteiger partial charge in [-0.3, -0.25) is 9.36 Å². The van der Waals surface area contributed by atoms with Gasteiger partial charge in [0.1, 0.15) is 0 Å². The van der Waals surface area contributed by atoms with Crippen LogP contribution in [0.5, 0.6) is 0 Å². The summed E-state index contributed by atoms with van der Waals surface area (Å²) in [6.07, 6.45) is 0. The second-order valence-electron chi connectivity index (χ2n) is 7.51. The largest absolute Gasteiger partial charge is 0.377 e. The maximum atomic E-state index is 12.7. The van der Waals surface area contributed by atoms with Gasteiger partial charge in [-0.15, -0.1) is 10.2 Å². The Labute approximate surface area is 202 Å². The Morgan fingerprint density at radius 3 is 2.36 bits per heavy atom. The maximum Gasteiger partial charge on any atom is 0.234 e. The van der Waals surface area contributed by atoms with Crippen LogP contribution in [0.15, 0.2) is 78.0 Å². The number of hydrogen-bond donors (Lipinski definition) is 2. The minimum atomic E-state index is -0.0873. The number of anilines is 2. The van der Waals surface area contributed by atoms with Crippen molar-refractivity contribution in [3.05, 3.63) is 94.8 Å². The molecule has 2 N–H and O–H groups in total. The molecule has 33 heavy (non-hydrogen) atoms. The smallest absolute Gasteiger partial charge is 0.234 e. The van der Waals surface area contributed by atoms with E-state index in [4.69, 9.17) is 11.6 Å². The number of halogens is 1. The Kier molecular flexibility index (Phi) is 7.32. The van der Waals surface area contributed by atoms with E-state index >= 15 is 0 Å². The summed E-state index contributed by atoms with van der Waals surface area (Å²) in [5.74, 6) is 0.853. The van der Waals surface area contributed by atoms with Gasteiger partial charge in [-0.2, -0.15) is 0 Å². The fourth-order valence-corrected chi connectivity index (χ4v) is 4.41. The highest BCUT2D eigenvalue weighted by atomic mass is 35.5. The molecule has 0 saturated carbocycles. The van der Waals surface area contributed by atoms with E-state index in [1.807, 2.05) is 91.2 Å². The zero-order valence-electron chi connectivity index (χ0n) is 18.4. The first kappa shape index (κ1) is 22.9. The lowest BCUT2D eigenvalue weighted by Gasteiger charge is -2.13. The third-order valence-corrected chi connectivity index (χ3v) is 6.36. The number of thioether (sulfide) groups is 1. The van der Waals surface area contributed by atoms with Crippen molar-refractivity contribution in [1.82, 2.24) is 14.8 Å². The number of para-hydroxylation sites is 3. The Balaban J connectivity index is 1.52. The molecule has 168 valence electrons. The molecule has 0 aliphatic rings. The number of aryl methyl sites for hydroxylation is 2. The molecule has 0 radical (unpaired) electrons. The maximum absolute atomic E-state index is 12.7. The minimum absolute atomic E-state index is 0.0873. The van der Waals surface area contributed by atoms with E-state index in [0.717, 1.165) is 34.0 Å². The minimum Gasteiger partial charge on any atom is -0.377 e. The molecule has 0 fully saturated rings. The van der Waals surface area contributed by atoms with Gasteiger partial charge in [0.15, 0.2) is 11.0 Å². The number of nitrogens with zero attached hydrogens (tertiary/aromatic N) is 3. The molecule has 0 atom stereocenters. The zero-order chi connectivity index (χ0) is 23.2. The van der Waals surface area contributed by atoms with E-state index in [1.165, 1.54) is 11.8 Å². The second kappa shape index (κ2) is 10.6. The first-order valence-electron chi connectivity index (χ1n) is 10.5. The number of benzene rings is 3. The van der Waals surface area contributed by atoms with Gasteiger partial charge in [-0.1, -0.05) is 71.9 Å². The van der Waals surface area contributed by atoms with Gasteiger partial charge in [0.05, 0.1) is 23.0 Å². The van der Waals surface area contributed by atoms with Gasteiger partial charge in [0, 0.05) is 11.4 Å². The molecule has 1 aromatic heterocycles. The van der Waals surface area contributed by atoms with Crippen molar-refractivity contribution >= 4 is 40.6 Å². The molecule has 0 bridgehead atoms. The van der Waals surface area contributed by atoms with Crippen LogP contribution in [0.3, 0.4) is 0 Å². The summed E-state index contributed by atoms with van der Waals surface area (Å²) < 4.78 is 1.96. The van der Waals surface area contributed by atoms with Gasteiger partial charge >= 0.3 is 0 Å². The molecule has 4 aromatic rings. The van der Waals surface area contributed by atoms with Crippen molar-refractivity contribution < 1.29 is 4.79 Å². The average Bonchev–Trinajstić information content (AvgIpc) is 3.23. The summed E-state index contributed by atoms with van der Waals surface area (Å²) in [4.78, 5) is 12.7. The van der Waals surface area contributed by atoms with Crippen molar-refractivity contribution in [3.63, 3.8) is 0 Å². The fraction of sp³-hybridized carbons (Fsp3) is 0.160. The van der Waals surface area contributed by atoms with Crippen LogP contribution in [0, 0.1) is 13.8 Å². The van der Waals surface area contributed by atoms with Crippen LogP contribution in [0.4, 0.5) is 11.4 Å². The zero-order valence-corrected chi connectivity index (χ0v) is 20.0. The number of carbonyl (C=O) groups excluding carboxylic acids is 1. The van der Waals surface area contributed by atoms with Crippen LogP contribution >= 0.6 is 23.4 Å². The summed E-state index contributed by atoms with van der Waals surface area (Å²) in [6.45, 7) is 4.40. The Bertz CT molecular complexity index is 1240. The van der Waals surface area contributed by atoms with Crippen LogP contribution in [0.1, 0.15) is 17.0 Å². The molecule has 1 amide bonds. The molecule has 0 saturated heterocycles. The number of nitrogens with one attached hydrogen (secondary N) is 2. The molecule has 1 heterocycles. The standard InChI is InChI=1S/C25H24ClN5OS/c1-17-9-8-10-18(2)24(17)28-23(32)16-33-25-30-29-22(31(25)19-11-4-3-5-12-19)15-27-21-14-7-6-13-20(21)26/h3-14,27H,15-16H2,1-2H3,(H,28,32). The highest BCUT2D eigenvalue weighted by molar-refractivity contribution is 7.99. The van der Waals surface area contributed by atoms with Gasteiger partial charge < -0.3 is 10.6 Å². The van der Waals surface area contributed by atoms with Gasteiger partial charge in [-0.05, 0) is 49.2 Å². The van der Waals surface area contributed by atoms with E-state index < -0.39 is 0 Å². The summed E-state index contributed by atoms with van der Waals surface area (Å²) in [5.41, 5.74) is 4.68. The quantitative estimate of drug-likeness (QED) is 0.310.